The van der Waals surface area contributed by atoms with Crippen LogP contribution in [0.5, 0.6) is 11.5 Å². The molecule has 0 aromatic heterocycles. The smallest absolute Gasteiger partial charge is 0.266 e. The Kier molecular flexibility index (Phi) is 8.01. The van der Waals surface area contributed by atoms with E-state index in [2.05, 4.69) is 21.2 Å². The van der Waals surface area contributed by atoms with Crippen LogP contribution in [-0.4, -0.2) is 12.5 Å². The van der Waals surface area contributed by atoms with Gasteiger partial charge in [-0.15, -0.1) is 0 Å². The highest BCUT2D eigenvalue weighted by atomic mass is 79.9. The Morgan fingerprint density at radius 2 is 1.88 bits per heavy atom. The minimum atomic E-state index is -0.514. The maximum atomic E-state index is 13.1. The molecule has 0 atom stereocenters. The minimum Gasteiger partial charge on any atom is -0.490 e. The van der Waals surface area contributed by atoms with E-state index in [1.165, 1.54) is 18.2 Å². The number of nitrogens with zero attached hydrogens (tertiary/aromatic N) is 1. The van der Waals surface area contributed by atoms with Crippen molar-refractivity contribution >= 4 is 33.6 Å². The molecular weight excluding hydrogens is 475 g/mol. The highest BCUT2D eigenvalue weighted by Crippen LogP contribution is 2.30. The largest absolute Gasteiger partial charge is 0.490 e. The Labute approximate surface area is 194 Å². The van der Waals surface area contributed by atoms with Crippen LogP contribution in [0, 0.1) is 17.1 Å². The monoisotopic (exact) mass is 494 g/mol. The molecule has 0 aliphatic rings. The molecule has 162 valence electrons. The third kappa shape index (κ3) is 6.43. The molecule has 0 spiro atoms. The number of rotatable bonds is 8. The van der Waals surface area contributed by atoms with Gasteiger partial charge in [0.25, 0.3) is 5.91 Å². The van der Waals surface area contributed by atoms with Gasteiger partial charge in [0.2, 0.25) is 0 Å². The van der Waals surface area contributed by atoms with Crippen molar-refractivity contribution in [2.45, 2.75) is 13.5 Å². The Morgan fingerprint density at radius 1 is 1.09 bits per heavy atom. The van der Waals surface area contributed by atoms with Gasteiger partial charge in [0.15, 0.2) is 11.5 Å². The fraction of sp³-hybridized carbons (Fsp3) is 0.120. The quantitative estimate of drug-likeness (QED) is 0.302. The van der Waals surface area contributed by atoms with E-state index < -0.39 is 5.91 Å². The van der Waals surface area contributed by atoms with E-state index >= 15 is 0 Å². The van der Waals surface area contributed by atoms with Crippen LogP contribution in [0.2, 0.25) is 0 Å². The van der Waals surface area contributed by atoms with Crippen molar-refractivity contribution in [2.24, 2.45) is 0 Å². The highest BCUT2D eigenvalue weighted by molar-refractivity contribution is 9.10. The number of carbonyl (C=O) groups excluding carboxylic acids is 1. The molecule has 3 aromatic carbocycles. The first kappa shape index (κ1) is 23.0. The van der Waals surface area contributed by atoms with Crippen molar-refractivity contribution in [1.82, 2.24) is 0 Å². The summed E-state index contributed by atoms with van der Waals surface area (Å²) < 4.78 is 25.4. The van der Waals surface area contributed by atoms with E-state index in [1.807, 2.05) is 19.1 Å². The molecule has 0 saturated heterocycles. The molecule has 0 aliphatic heterocycles. The number of carbonyl (C=O) groups is 1. The molecular formula is C25H20BrFN2O3. The van der Waals surface area contributed by atoms with Gasteiger partial charge in [-0.1, -0.05) is 40.2 Å². The molecule has 0 bridgehead atoms. The number of ether oxygens (including phenoxy) is 2. The van der Waals surface area contributed by atoms with Gasteiger partial charge in [-0.2, -0.15) is 5.26 Å². The van der Waals surface area contributed by atoms with Gasteiger partial charge in [-0.25, -0.2) is 4.39 Å². The first-order chi connectivity index (χ1) is 15.5. The molecule has 0 heterocycles. The summed E-state index contributed by atoms with van der Waals surface area (Å²) >= 11 is 3.35. The predicted octanol–water partition coefficient (Wildman–Crippen LogP) is 6.11. The molecule has 3 rings (SSSR count). The summed E-state index contributed by atoms with van der Waals surface area (Å²) in [6, 6.07) is 20.2. The Bertz CT molecular complexity index is 1170. The number of anilines is 1. The lowest BCUT2D eigenvalue weighted by atomic mass is 10.1. The fourth-order valence-corrected chi connectivity index (χ4v) is 3.22. The van der Waals surface area contributed by atoms with Gasteiger partial charge >= 0.3 is 0 Å². The Morgan fingerprint density at radius 3 is 2.56 bits per heavy atom. The zero-order valence-electron chi connectivity index (χ0n) is 17.3. The standard InChI is InChI=1S/C25H20BrFN2O3/c1-2-31-24-13-18(8-11-23(24)32-16-17-6-9-21(27)10-7-17)12-19(15-28)25(30)29-22-5-3-4-20(26)14-22/h3-14H,2,16H2,1H3,(H,29,30)/b19-12-. The zero-order valence-corrected chi connectivity index (χ0v) is 18.9. The molecule has 0 radical (unpaired) electrons. The van der Waals surface area contributed by atoms with Gasteiger partial charge in [-0.3, -0.25) is 4.79 Å². The van der Waals surface area contributed by atoms with Crippen molar-refractivity contribution in [3.05, 3.63) is 93.7 Å². The molecule has 32 heavy (non-hydrogen) atoms. The van der Waals surface area contributed by atoms with Crippen molar-refractivity contribution in [3.63, 3.8) is 0 Å². The lowest BCUT2D eigenvalue weighted by Crippen LogP contribution is -2.13. The van der Waals surface area contributed by atoms with Crippen LogP contribution in [0.15, 0.2) is 76.8 Å². The van der Waals surface area contributed by atoms with Crippen LogP contribution in [0.1, 0.15) is 18.1 Å². The van der Waals surface area contributed by atoms with Crippen molar-refractivity contribution < 1.29 is 18.7 Å². The molecule has 1 amide bonds. The van der Waals surface area contributed by atoms with Crippen LogP contribution < -0.4 is 14.8 Å². The summed E-state index contributed by atoms with van der Waals surface area (Å²) in [5.41, 5.74) is 1.95. The van der Waals surface area contributed by atoms with Crippen LogP contribution >= 0.6 is 15.9 Å². The zero-order chi connectivity index (χ0) is 22.9. The summed E-state index contributed by atoms with van der Waals surface area (Å²) in [6.07, 6.45) is 1.49. The van der Waals surface area contributed by atoms with E-state index in [-0.39, 0.29) is 18.0 Å². The molecule has 0 unspecified atom stereocenters. The van der Waals surface area contributed by atoms with Crippen LogP contribution in [0.3, 0.4) is 0 Å². The molecule has 0 fully saturated rings. The van der Waals surface area contributed by atoms with E-state index in [4.69, 9.17) is 9.47 Å². The molecule has 1 N–H and O–H groups in total. The average molecular weight is 495 g/mol. The first-order valence-corrected chi connectivity index (χ1v) is 10.6. The minimum absolute atomic E-state index is 0.0487. The second-order valence-corrected chi connectivity index (χ2v) is 7.60. The number of hydrogen-bond acceptors (Lipinski definition) is 4. The lowest BCUT2D eigenvalue weighted by Gasteiger charge is -2.13. The second-order valence-electron chi connectivity index (χ2n) is 6.69. The Hall–Kier alpha value is -3.63. The van der Waals surface area contributed by atoms with Gasteiger partial charge in [-0.05, 0) is 66.6 Å². The van der Waals surface area contributed by atoms with Gasteiger partial charge in [0, 0.05) is 10.2 Å². The SMILES string of the molecule is CCOc1cc(/C=C(/C#N)C(=O)Nc2cccc(Br)c2)ccc1OCc1ccc(F)cc1. The number of hydrogen-bond donors (Lipinski definition) is 1. The number of nitrogens with one attached hydrogen (secondary N) is 1. The number of amides is 1. The topological polar surface area (TPSA) is 71.3 Å². The van der Waals surface area contributed by atoms with E-state index in [9.17, 15) is 14.4 Å². The summed E-state index contributed by atoms with van der Waals surface area (Å²) in [5.74, 6) is 0.163. The van der Waals surface area contributed by atoms with Crippen molar-refractivity contribution in [1.29, 1.82) is 5.26 Å². The van der Waals surface area contributed by atoms with Gasteiger partial charge in [0.05, 0.1) is 6.61 Å². The lowest BCUT2D eigenvalue weighted by molar-refractivity contribution is -0.112. The summed E-state index contributed by atoms with van der Waals surface area (Å²) in [4.78, 5) is 12.5. The molecule has 3 aromatic rings. The highest BCUT2D eigenvalue weighted by Gasteiger charge is 2.12. The van der Waals surface area contributed by atoms with Gasteiger partial charge < -0.3 is 14.8 Å². The third-order valence-corrected chi connectivity index (χ3v) is 4.83. The summed E-state index contributed by atoms with van der Waals surface area (Å²) in [7, 11) is 0. The van der Waals surface area contributed by atoms with E-state index in [1.54, 1.807) is 48.5 Å². The summed E-state index contributed by atoms with van der Waals surface area (Å²) in [5, 5.41) is 12.2. The third-order valence-electron chi connectivity index (χ3n) is 4.33. The van der Waals surface area contributed by atoms with E-state index in [0.717, 1.165) is 10.0 Å². The second kappa shape index (κ2) is 11.1. The molecule has 0 saturated carbocycles. The predicted molar refractivity (Wildman–Crippen MR) is 125 cm³/mol. The maximum Gasteiger partial charge on any atom is 0.266 e. The average Bonchev–Trinajstić information content (AvgIpc) is 2.78. The van der Waals surface area contributed by atoms with Gasteiger partial charge in [0.1, 0.15) is 24.1 Å². The van der Waals surface area contributed by atoms with E-state index in [0.29, 0.717) is 29.4 Å². The Balaban J connectivity index is 1.77. The van der Waals surface area contributed by atoms with Crippen LogP contribution in [0.4, 0.5) is 10.1 Å². The number of halogens is 2. The summed E-state index contributed by atoms with van der Waals surface area (Å²) in [6.45, 7) is 2.50. The normalized spacial score (nSPS) is 10.9. The van der Waals surface area contributed by atoms with Crippen LogP contribution in [0.25, 0.3) is 6.08 Å². The fourth-order valence-electron chi connectivity index (χ4n) is 2.82. The van der Waals surface area contributed by atoms with Crippen molar-refractivity contribution in [2.75, 3.05) is 11.9 Å². The molecule has 7 heteroatoms. The first-order valence-electron chi connectivity index (χ1n) is 9.81. The molecule has 0 aliphatic carbocycles. The van der Waals surface area contributed by atoms with Crippen molar-refractivity contribution in [3.8, 4) is 17.6 Å². The molecule has 5 nitrogen and oxygen atoms in total. The maximum absolute atomic E-state index is 13.1. The van der Waals surface area contributed by atoms with Crippen LogP contribution in [-0.2, 0) is 11.4 Å². The number of nitriles is 1. The number of benzene rings is 3.